The number of para-hydroxylation sites is 1. The molecule has 0 aliphatic carbocycles. The molecule has 16 heavy (non-hydrogen) atoms. The van der Waals surface area contributed by atoms with Crippen LogP contribution in [0.1, 0.15) is 32.8 Å². The molecule has 1 rings (SSSR count). The summed E-state index contributed by atoms with van der Waals surface area (Å²) < 4.78 is 0. The minimum Gasteiger partial charge on any atom is -0.385 e. The topological polar surface area (TPSA) is 24.1 Å². The van der Waals surface area contributed by atoms with E-state index in [2.05, 4.69) is 55.7 Å². The average Bonchev–Trinajstić information content (AvgIpc) is 2.24. The Hall–Kier alpha value is -1.02. The summed E-state index contributed by atoms with van der Waals surface area (Å²) in [6, 6.07) is 8.58. The molecule has 1 aromatic carbocycles. The van der Waals surface area contributed by atoms with Crippen molar-refractivity contribution in [1.82, 2.24) is 5.32 Å². The van der Waals surface area contributed by atoms with Gasteiger partial charge in [0.25, 0.3) is 0 Å². The lowest BCUT2D eigenvalue weighted by molar-refractivity contribution is 0.591. The smallest absolute Gasteiger partial charge is 0.0378 e. The molecule has 0 spiro atoms. The first kappa shape index (κ1) is 13.0. The molecule has 90 valence electrons. The van der Waals surface area contributed by atoms with Gasteiger partial charge in [-0.1, -0.05) is 39.0 Å². The average molecular weight is 220 g/mol. The lowest BCUT2D eigenvalue weighted by Gasteiger charge is -2.23. The molecule has 0 atom stereocenters. The van der Waals surface area contributed by atoms with E-state index in [4.69, 9.17) is 0 Å². The quantitative estimate of drug-likeness (QED) is 0.745. The fourth-order valence-electron chi connectivity index (χ4n) is 1.78. The van der Waals surface area contributed by atoms with E-state index in [1.807, 2.05) is 7.05 Å². The minimum atomic E-state index is 0.201. The molecule has 2 nitrogen and oxygen atoms in total. The SMILES string of the molecule is CNCCCNc1ccccc1C(C)(C)C. The molecule has 0 aliphatic rings. The Kier molecular flexibility index (Phi) is 4.81. The van der Waals surface area contributed by atoms with E-state index in [1.54, 1.807) is 0 Å². The van der Waals surface area contributed by atoms with Gasteiger partial charge in [-0.25, -0.2) is 0 Å². The zero-order valence-corrected chi connectivity index (χ0v) is 10.9. The Labute approximate surface area is 99.5 Å². The van der Waals surface area contributed by atoms with Crippen LogP contribution in [0.15, 0.2) is 24.3 Å². The molecule has 0 aromatic heterocycles. The molecule has 0 amide bonds. The van der Waals surface area contributed by atoms with Crippen LogP contribution in [-0.4, -0.2) is 20.1 Å². The molecule has 0 bridgehead atoms. The van der Waals surface area contributed by atoms with Crippen molar-refractivity contribution in [2.24, 2.45) is 0 Å². The summed E-state index contributed by atoms with van der Waals surface area (Å²) in [5.41, 5.74) is 2.86. The fraction of sp³-hybridized carbons (Fsp3) is 0.571. The molecule has 0 saturated heterocycles. The maximum absolute atomic E-state index is 3.51. The van der Waals surface area contributed by atoms with E-state index >= 15 is 0 Å². The first-order chi connectivity index (χ1) is 7.55. The van der Waals surface area contributed by atoms with Gasteiger partial charge in [-0.15, -0.1) is 0 Å². The highest BCUT2D eigenvalue weighted by atomic mass is 14.9. The van der Waals surface area contributed by atoms with Crippen molar-refractivity contribution >= 4 is 5.69 Å². The molecule has 2 heteroatoms. The van der Waals surface area contributed by atoms with Gasteiger partial charge in [0.15, 0.2) is 0 Å². The lowest BCUT2D eigenvalue weighted by atomic mass is 9.86. The van der Waals surface area contributed by atoms with E-state index in [0.29, 0.717) is 0 Å². The Bertz CT molecular complexity index is 313. The molecule has 0 unspecified atom stereocenters. The summed E-state index contributed by atoms with van der Waals surface area (Å²) in [6.45, 7) is 8.84. The van der Waals surface area contributed by atoms with E-state index in [-0.39, 0.29) is 5.41 Å². The Morgan fingerprint density at radius 1 is 1.06 bits per heavy atom. The van der Waals surface area contributed by atoms with Crippen molar-refractivity contribution < 1.29 is 0 Å². The van der Waals surface area contributed by atoms with Gasteiger partial charge in [0, 0.05) is 12.2 Å². The summed E-state index contributed by atoms with van der Waals surface area (Å²) in [6.07, 6.45) is 1.15. The van der Waals surface area contributed by atoms with E-state index in [0.717, 1.165) is 19.5 Å². The first-order valence-corrected chi connectivity index (χ1v) is 6.03. The number of anilines is 1. The van der Waals surface area contributed by atoms with Gasteiger partial charge in [0.2, 0.25) is 0 Å². The highest BCUT2D eigenvalue weighted by Gasteiger charge is 2.16. The molecule has 0 heterocycles. The summed E-state index contributed by atoms with van der Waals surface area (Å²) >= 11 is 0. The molecule has 0 saturated carbocycles. The monoisotopic (exact) mass is 220 g/mol. The summed E-state index contributed by atoms with van der Waals surface area (Å²) in [7, 11) is 1.99. The lowest BCUT2D eigenvalue weighted by Crippen LogP contribution is -2.17. The molecular formula is C14H24N2. The van der Waals surface area contributed by atoms with Crippen LogP contribution in [0.2, 0.25) is 0 Å². The van der Waals surface area contributed by atoms with Crippen LogP contribution in [-0.2, 0) is 5.41 Å². The summed E-state index contributed by atoms with van der Waals surface area (Å²) in [5.74, 6) is 0. The standard InChI is InChI=1S/C14H24N2/c1-14(2,3)12-8-5-6-9-13(12)16-11-7-10-15-4/h5-6,8-9,15-16H,7,10-11H2,1-4H3. The highest BCUT2D eigenvalue weighted by molar-refractivity contribution is 5.54. The number of benzene rings is 1. The Morgan fingerprint density at radius 3 is 2.38 bits per heavy atom. The minimum absolute atomic E-state index is 0.201. The zero-order valence-electron chi connectivity index (χ0n) is 10.9. The van der Waals surface area contributed by atoms with Gasteiger partial charge in [-0.3, -0.25) is 0 Å². The van der Waals surface area contributed by atoms with Crippen molar-refractivity contribution in [2.75, 3.05) is 25.5 Å². The Balaban J connectivity index is 2.65. The Morgan fingerprint density at radius 2 is 1.75 bits per heavy atom. The fourth-order valence-corrected chi connectivity index (χ4v) is 1.78. The first-order valence-electron chi connectivity index (χ1n) is 6.03. The van der Waals surface area contributed by atoms with Gasteiger partial charge in [-0.05, 0) is 37.1 Å². The van der Waals surface area contributed by atoms with Crippen LogP contribution >= 0.6 is 0 Å². The number of hydrogen-bond acceptors (Lipinski definition) is 2. The van der Waals surface area contributed by atoms with Crippen molar-refractivity contribution in [3.63, 3.8) is 0 Å². The zero-order chi connectivity index (χ0) is 12.0. The van der Waals surface area contributed by atoms with Gasteiger partial charge in [0.1, 0.15) is 0 Å². The van der Waals surface area contributed by atoms with Crippen LogP contribution in [0.25, 0.3) is 0 Å². The maximum Gasteiger partial charge on any atom is 0.0378 e. The third-order valence-electron chi connectivity index (χ3n) is 2.65. The summed E-state index contributed by atoms with van der Waals surface area (Å²) in [5, 5.41) is 6.67. The second-order valence-electron chi connectivity index (χ2n) is 5.18. The number of nitrogens with one attached hydrogen (secondary N) is 2. The molecule has 0 radical (unpaired) electrons. The van der Waals surface area contributed by atoms with Gasteiger partial charge in [-0.2, -0.15) is 0 Å². The van der Waals surface area contributed by atoms with Crippen LogP contribution < -0.4 is 10.6 Å². The predicted octanol–water partition coefficient (Wildman–Crippen LogP) is 3.01. The van der Waals surface area contributed by atoms with Crippen LogP contribution in [0, 0.1) is 0 Å². The van der Waals surface area contributed by atoms with E-state index < -0.39 is 0 Å². The van der Waals surface area contributed by atoms with Crippen LogP contribution in [0.5, 0.6) is 0 Å². The number of rotatable bonds is 5. The maximum atomic E-state index is 3.51. The third kappa shape index (κ3) is 3.86. The van der Waals surface area contributed by atoms with Crippen molar-refractivity contribution in [3.8, 4) is 0 Å². The predicted molar refractivity (Wildman–Crippen MR) is 72.2 cm³/mol. The third-order valence-corrected chi connectivity index (χ3v) is 2.65. The molecule has 0 fully saturated rings. The second-order valence-corrected chi connectivity index (χ2v) is 5.18. The van der Waals surface area contributed by atoms with Crippen molar-refractivity contribution in [2.45, 2.75) is 32.6 Å². The normalized spacial score (nSPS) is 11.5. The van der Waals surface area contributed by atoms with Gasteiger partial charge >= 0.3 is 0 Å². The molecule has 0 aliphatic heterocycles. The highest BCUT2D eigenvalue weighted by Crippen LogP contribution is 2.28. The van der Waals surface area contributed by atoms with Crippen molar-refractivity contribution in [3.05, 3.63) is 29.8 Å². The molecule has 2 N–H and O–H groups in total. The van der Waals surface area contributed by atoms with Gasteiger partial charge < -0.3 is 10.6 Å². The van der Waals surface area contributed by atoms with E-state index in [9.17, 15) is 0 Å². The summed E-state index contributed by atoms with van der Waals surface area (Å²) in [4.78, 5) is 0. The largest absolute Gasteiger partial charge is 0.385 e. The number of hydrogen-bond donors (Lipinski definition) is 2. The van der Waals surface area contributed by atoms with Crippen molar-refractivity contribution in [1.29, 1.82) is 0 Å². The molecule has 1 aromatic rings. The van der Waals surface area contributed by atoms with Gasteiger partial charge in [0.05, 0.1) is 0 Å². The van der Waals surface area contributed by atoms with E-state index in [1.165, 1.54) is 11.3 Å². The van der Waals surface area contributed by atoms with Crippen LogP contribution in [0.3, 0.4) is 0 Å². The second kappa shape index (κ2) is 5.90. The molecular weight excluding hydrogens is 196 g/mol. The van der Waals surface area contributed by atoms with Crippen LogP contribution in [0.4, 0.5) is 5.69 Å².